The predicted molar refractivity (Wildman–Crippen MR) is 52.9 cm³/mol. The first-order valence-electron chi connectivity index (χ1n) is 4.48. The van der Waals surface area contributed by atoms with Gasteiger partial charge in [-0.2, -0.15) is 0 Å². The van der Waals surface area contributed by atoms with Crippen LogP contribution in [0, 0.1) is 0 Å². The fraction of sp³-hybridized carbons (Fsp3) is 0.500. The largest absolute Gasteiger partial charge is 0.357 e. The second-order valence-electron chi connectivity index (χ2n) is 3.52. The highest BCUT2D eigenvalue weighted by atomic mass is 16.1. The molecule has 3 nitrogen and oxygen atoms in total. The molecular formula is C10H16N2O. The number of nitrogens with zero attached hydrogens (tertiary/aromatic N) is 1. The average Bonchev–Trinajstić information content (AvgIpc) is 2.47. The summed E-state index contributed by atoms with van der Waals surface area (Å²) in [6.45, 7) is 4.47. The van der Waals surface area contributed by atoms with Crippen LogP contribution in [0.1, 0.15) is 24.2 Å². The lowest BCUT2D eigenvalue weighted by Gasteiger charge is -2.05. The first kappa shape index (κ1) is 9.99. The second kappa shape index (κ2) is 4.23. The van der Waals surface area contributed by atoms with E-state index in [-0.39, 0.29) is 5.78 Å². The number of rotatable bonds is 4. The van der Waals surface area contributed by atoms with E-state index in [1.54, 1.807) is 0 Å². The number of aryl methyl sites for hydroxylation is 1. The highest BCUT2D eigenvalue weighted by Crippen LogP contribution is 2.00. The molecule has 0 aromatic carbocycles. The molecule has 1 heterocycles. The van der Waals surface area contributed by atoms with E-state index in [0.717, 1.165) is 5.56 Å². The predicted octanol–water partition coefficient (Wildman–Crippen LogP) is 1.21. The van der Waals surface area contributed by atoms with Gasteiger partial charge in [0, 0.05) is 31.0 Å². The Kier molecular flexibility index (Phi) is 3.25. The quantitative estimate of drug-likeness (QED) is 0.706. The highest BCUT2D eigenvalue weighted by molar-refractivity contribution is 5.97. The lowest BCUT2D eigenvalue weighted by atomic mass is 10.2. The van der Waals surface area contributed by atoms with Gasteiger partial charge in [-0.05, 0) is 6.07 Å². The molecule has 1 aromatic heterocycles. The van der Waals surface area contributed by atoms with E-state index in [1.807, 2.05) is 43.9 Å². The van der Waals surface area contributed by atoms with Gasteiger partial charge in [0.1, 0.15) is 0 Å². The van der Waals surface area contributed by atoms with E-state index >= 15 is 0 Å². The molecule has 0 atom stereocenters. The third-order valence-corrected chi connectivity index (χ3v) is 1.82. The number of carbonyl (C=O) groups is 1. The first-order chi connectivity index (χ1) is 6.09. The van der Waals surface area contributed by atoms with E-state index in [0.29, 0.717) is 12.6 Å². The molecule has 3 heteroatoms. The third-order valence-electron chi connectivity index (χ3n) is 1.82. The molecule has 0 bridgehead atoms. The van der Waals surface area contributed by atoms with Gasteiger partial charge in [-0.25, -0.2) is 0 Å². The maximum atomic E-state index is 11.5. The number of hydrogen-bond acceptors (Lipinski definition) is 2. The van der Waals surface area contributed by atoms with Crippen LogP contribution in [-0.4, -0.2) is 22.9 Å². The van der Waals surface area contributed by atoms with Crippen molar-refractivity contribution in [1.29, 1.82) is 0 Å². The van der Waals surface area contributed by atoms with E-state index < -0.39 is 0 Å². The summed E-state index contributed by atoms with van der Waals surface area (Å²) in [6, 6.07) is 2.19. The van der Waals surface area contributed by atoms with Crippen LogP contribution in [0.2, 0.25) is 0 Å². The van der Waals surface area contributed by atoms with Crippen molar-refractivity contribution in [2.45, 2.75) is 19.9 Å². The Bertz CT molecular complexity index is 289. The Morgan fingerprint density at radius 1 is 1.62 bits per heavy atom. The first-order valence-corrected chi connectivity index (χ1v) is 4.48. The summed E-state index contributed by atoms with van der Waals surface area (Å²) in [7, 11) is 1.91. The molecule has 0 radical (unpaired) electrons. The molecule has 0 aliphatic carbocycles. The molecule has 0 saturated heterocycles. The van der Waals surface area contributed by atoms with Crippen LogP contribution in [0.5, 0.6) is 0 Å². The summed E-state index contributed by atoms with van der Waals surface area (Å²) >= 11 is 0. The average molecular weight is 180 g/mol. The molecular weight excluding hydrogens is 164 g/mol. The Hall–Kier alpha value is -1.09. The fourth-order valence-corrected chi connectivity index (χ4v) is 1.07. The van der Waals surface area contributed by atoms with Crippen molar-refractivity contribution in [1.82, 2.24) is 9.88 Å². The summed E-state index contributed by atoms with van der Waals surface area (Å²) in [5.41, 5.74) is 0.774. The molecule has 13 heavy (non-hydrogen) atoms. The van der Waals surface area contributed by atoms with Gasteiger partial charge < -0.3 is 9.88 Å². The molecule has 72 valence electrons. The van der Waals surface area contributed by atoms with Crippen LogP contribution in [0.3, 0.4) is 0 Å². The topological polar surface area (TPSA) is 34.0 Å². The molecule has 0 unspecified atom stereocenters. The summed E-state index contributed by atoms with van der Waals surface area (Å²) in [5, 5.41) is 3.09. The van der Waals surface area contributed by atoms with Gasteiger partial charge in [0.15, 0.2) is 5.78 Å². The molecule has 0 aliphatic heterocycles. The summed E-state index contributed by atoms with van der Waals surface area (Å²) in [6.07, 6.45) is 3.72. The van der Waals surface area contributed by atoms with Crippen molar-refractivity contribution >= 4 is 5.78 Å². The molecule has 1 rings (SSSR count). The zero-order valence-electron chi connectivity index (χ0n) is 8.37. The van der Waals surface area contributed by atoms with Gasteiger partial charge in [-0.15, -0.1) is 0 Å². The molecule has 1 aromatic rings. The van der Waals surface area contributed by atoms with Gasteiger partial charge in [-0.1, -0.05) is 13.8 Å². The number of hydrogen-bond donors (Lipinski definition) is 1. The fourth-order valence-electron chi connectivity index (χ4n) is 1.07. The SMILES string of the molecule is CC(C)NCC(=O)c1ccn(C)c1. The van der Waals surface area contributed by atoms with Gasteiger partial charge in [0.2, 0.25) is 0 Å². The van der Waals surface area contributed by atoms with Gasteiger partial charge in [-0.3, -0.25) is 4.79 Å². The maximum absolute atomic E-state index is 11.5. The van der Waals surface area contributed by atoms with Crippen molar-refractivity contribution < 1.29 is 4.79 Å². The second-order valence-corrected chi connectivity index (χ2v) is 3.52. The lowest BCUT2D eigenvalue weighted by Crippen LogP contribution is -2.28. The number of carbonyl (C=O) groups excluding carboxylic acids is 1. The Labute approximate surface area is 78.8 Å². The monoisotopic (exact) mass is 180 g/mol. The van der Waals surface area contributed by atoms with E-state index in [9.17, 15) is 4.79 Å². The van der Waals surface area contributed by atoms with Crippen molar-refractivity contribution in [2.75, 3.05) is 6.54 Å². The third kappa shape index (κ3) is 3.03. The van der Waals surface area contributed by atoms with Crippen LogP contribution >= 0.6 is 0 Å². The van der Waals surface area contributed by atoms with Gasteiger partial charge in [0.05, 0.1) is 6.54 Å². The van der Waals surface area contributed by atoms with Crippen LogP contribution in [-0.2, 0) is 7.05 Å². The lowest BCUT2D eigenvalue weighted by molar-refractivity contribution is 0.0988. The standard InChI is InChI=1S/C10H16N2O/c1-8(2)11-6-10(13)9-4-5-12(3)7-9/h4-5,7-8,11H,6H2,1-3H3. The molecule has 0 amide bonds. The van der Waals surface area contributed by atoms with Crippen molar-refractivity contribution in [3.63, 3.8) is 0 Å². The Morgan fingerprint density at radius 3 is 2.77 bits per heavy atom. The molecule has 0 fully saturated rings. The minimum absolute atomic E-state index is 0.148. The van der Waals surface area contributed by atoms with Crippen LogP contribution in [0.25, 0.3) is 0 Å². The van der Waals surface area contributed by atoms with Gasteiger partial charge >= 0.3 is 0 Å². The minimum Gasteiger partial charge on any atom is -0.357 e. The zero-order chi connectivity index (χ0) is 9.84. The van der Waals surface area contributed by atoms with Crippen molar-refractivity contribution in [2.24, 2.45) is 7.05 Å². The molecule has 0 aliphatic rings. The maximum Gasteiger partial charge on any atom is 0.178 e. The Balaban J connectivity index is 2.49. The minimum atomic E-state index is 0.148. The molecule has 0 saturated carbocycles. The molecule has 1 N–H and O–H groups in total. The number of Topliss-reactive ketones (excluding diaryl/α,β-unsaturated/α-hetero) is 1. The van der Waals surface area contributed by atoms with Crippen LogP contribution < -0.4 is 5.32 Å². The van der Waals surface area contributed by atoms with E-state index in [1.165, 1.54) is 0 Å². The number of ketones is 1. The summed E-state index contributed by atoms with van der Waals surface area (Å²) in [4.78, 5) is 11.5. The van der Waals surface area contributed by atoms with Crippen molar-refractivity contribution in [3.8, 4) is 0 Å². The van der Waals surface area contributed by atoms with Crippen LogP contribution in [0.15, 0.2) is 18.5 Å². The normalized spacial score (nSPS) is 10.8. The summed E-state index contributed by atoms with van der Waals surface area (Å²) < 4.78 is 1.88. The number of aromatic nitrogens is 1. The zero-order valence-corrected chi connectivity index (χ0v) is 8.37. The Morgan fingerprint density at radius 2 is 2.31 bits per heavy atom. The highest BCUT2D eigenvalue weighted by Gasteiger charge is 2.06. The van der Waals surface area contributed by atoms with Crippen molar-refractivity contribution in [3.05, 3.63) is 24.0 Å². The van der Waals surface area contributed by atoms with Gasteiger partial charge in [0.25, 0.3) is 0 Å². The molecule has 0 spiro atoms. The van der Waals surface area contributed by atoms with Crippen LogP contribution in [0.4, 0.5) is 0 Å². The van der Waals surface area contributed by atoms with E-state index in [4.69, 9.17) is 0 Å². The number of nitrogens with one attached hydrogen (secondary N) is 1. The summed E-state index contributed by atoms with van der Waals surface area (Å²) in [5.74, 6) is 0.148. The van der Waals surface area contributed by atoms with E-state index in [2.05, 4.69) is 5.32 Å². The smallest absolute Gasteiger partial charge is 0.178 e.